The third kappa shape index (κ3) is 6.22. The lowest BCUT2D eigenvalue weighted by Gasteiger charge is -2.53. The van der Waals surface area contributed by atoms with Crippen LogP contribution < -0.4 is 0 Å². The topological polar surface area (TPSA) is 36.9 Å². The van der Waals surface area contributed by atoms with Gasteiger partial charge in [0.15, 0.2) is 0 Å². The van der Waals surface area contributed by atoms with E-state index < -0.39 is 8.07 Å². The minimum Gasteiger partial charge on any atom is -0.349 e. The molecule has 14 unspecified atom stereocenters. The molecular formula is C44H76O4Si. The van der Waals surface area contributed by atoms with Gasteiger partial charge in [-0.1, -0.05) is 68.5 Å². The van der Waals surface area contributed by atoms with Crippen molar-refractivity contribution in [1.82, 2.24) is 0 Å². The molecule has 8 rings (SSSR count). The molecule has 6 saturated carbocycles. The van der Waals surface area contributed by atoms with Crippen LogP contribution in [0.25, 0.3) is 0 Å². The Balaban J connectivity index is 1.04. The Morgan fingerprint density at radius 3 is 1.18 bits per heavy atom. The van der Waals surface area contributed by atoms with Crippen molar-refractivity contribution in [1.29, 1.82) is 0 Å². The summed E-state index contributed by atoms with van der Waals surface area (Å²) in [5, 5.41) is 0. The maximum atomic E-state index is 6.57. The SMILES string of the molecule is CC1CC2C(CC3OCOC3C2C2CCC(C(C)(C)C)CC2)C1[Si](C)(C)C1C(C)CC2C1CC1OCOC1C2C1CCC(C(C)(C)C)CC1. The molecule has 0 N–H and O–H groups in total. The van der Waals surface area contributed by atoms with Crippen molar-refractivity contribution in [2.24, 2.45) is 81.8 Å². The first-order valence-corrected chi connectivity index (χ1v) is 24.8. The molecule has 0 bridgehead atoms. The number of ether oxygens (including phenoxy) is 4. The fourth-order valence-corrected chi connectivity index (χ4v) is 22.8. The van der Waals surface area contributed by atoms with E-state index >= 15 is 0 Å². The molecule has 0 aromatic carbocycles. The zero-order valence-corrected chi connectivity index (χ0v) is 34.4. The van der Waals surface area contributed by atoms with Crippen molar-refractivity contribution in [3.63, 3.8) is 0 Å². The first-order valence-electron chi connectivity index (χ1n) is 21.6. The highest BCUT2D eigenvalue weighted by molar-refractivity contribution is 6.80. The normalized spacial score (nSPS) is 52.0. The first kappa shape index (κ1) is 36.1. The van der Waals surface area contributed by atoms with E-state index in [4.69, 9.17) is 18.9 Å². The van der Waals surface area contributed by atoms with Crippen molar-refractivity contribution in [2.45, 2.75) is 181 Å². The van der Waals surface area contributed by atoms with Gasteiger partial charge < -0.3 is 18.9 Å². The van der Waals surface area contributed by atoms with Crippen LogP contribution in [0, 0.1) is 81.8 Å². The molecule has 2 aliphatic heterocycles. The Hall–Kier alpha value is 0.0569. The molecule has 14 atom stereocenters. The van der Waals surface area contributed by atoms with Gasteiger partial charge >= 0.3 is 0 Å². The van der Waals surface area contributed by atoms with Gasteiger partial charge in [0.2, 0.25) is 0 Å². The molecule has 8 fully saturated rings. The molecule has 2 heterocycles. The van der Waals surface area contributed by atoms with E-state index in [-0.39, 0.29) is 0 Å². The molecule has 6 aliphatic carbocycles. The average molecular weight is 697 g/mol. The van der Waals surface area contributed by atoms with Crippen LogP contribution in [0.4, 0.5) is 0 Å². The zero-order valence-electron chi connectivity index (χ0n) is 33.4. The van der Waals surface area contributed by atoms with E-state index in [1.165, 1.54) is 77.0 Å². The lowest BCUT2D eigenvalue weighted by molar-refractivity contribution is -0.0520. The number of hydrogen-bond donors (Lipinski definition) is 0. The second-order valence-electron chi connectivity index (χ2n) is 22.4. The van der Waals surface area contributed by atoms with Crippen LogP contribution >= 0.6 is 0 Å². The third-order valence-electron chi connectivity index (χ3n) is 17.9. The molecule has 0 radical (unpaired) electrons. The van der Waals surface area contributed by atoms with E-state index in [9.17, 15) is 0 Å². The quantitative estimate of drug-likeness (QED) is 0.274. The van der Waals surface area contributed by atoms with E-state index in [0.717, 1.165) is 70.3 Å². The second kappa shape index (κ2) is 13.1. The predicted octanol–water partition coefficient (Wildman–Crippen LogP) is 11.2. The molecule has 0 aromatic rings. The molecule has 49 heavy (non-hydrogen) atoms. The molecule has 0 aromatic heterocycles. The van der Waals surface area contributed by atoms with E-state index in [1.54, 1.807) is 0 Å². The fourth-order valence-electron chi connectivity index (χ4n) is 16.1. The van der Waals surface area contributed by atoms with Gasteiger partial charge in [-0.05, 0) is 170 Å². The maximum absolute atomic E-state index is 6.57. The molecule has 5 heteroatoms. The Labute approximate surface area is 302 Å². The summed E-state index contributed by atoms with van der Waals surface area (Å²) in [6.07, 6.45) is 18.1. The lowest BCUT2D eigenvalue weighted by atomic mass is 9.60. The summed E-state index contributed by atoms with van der Waals surface area (Å²) >= 11 is 0. The molecule has 2 saturated heterocycles. The van der Waals surface area contributed by atoms with Crippen molar-refractivity contribution < 1.29 is 18.9 Å². The Kier molecular flexibility index (Phi) is 9.65. The van der Waals surface area contributed by atoms with Gasteiger partial charge in [-0.2, -0.15) is 0 Å². The number of hydrogen-bond acceptors (Lipinski definition) is 4. The van der Waals surface area contributed by atoms with E-state index in [2.05, 4.69) is 68.5 Å². The van der Waals surface area contributed by atoms with Crippen LogP contribution in [0.5, 0.6) is 0 Å². The van der Waals surface area contributed by atoms with Gasteiger partial charge in [-0.15, -0.1) is 0 Å². The second-order valence-corrected chi connectivity index (χ2v) is 27.4. The fraction of sp³-hybridized carbons (Fsp3) is 1.00. The van der Waals surface area contributed by atoms with Crippen LogP contribution in [-0.4, -0.2) is 46.1 Å². The summed E-state index contributed by atoms with van der Waals surface area (Å²) in [5.41, 5.74) is 2.68. The van der Waals surface area contributed by atoms with Crippen molar-refractivity contribution in [3.05, 3.63) is 0 Å². The summed E-state index contributed by atoms with van der Waals surface area (Å²) in [6.45, 7) is 27.1. The number of rotatable bonds is 4. The molecular weight excluding hydrogens is 621 g/mol. The highest BCUT2D eigenvalue weighted by Crippen LogP contribution is 2.68. The van der Waals surface area contributed by atoms with Gasteiger partial charge in [0.05, 0.1) is 32.5 Å². The van der Waals surface area contributed by atoms with Gasteiger partial charge in [0, 0.05) is 0 Å². The van der Waals surface area contributed by atoms with Crippen LogP contribution in [0.15, 0.2) is 0 Å². The van der Waals surface area contributed by atoms with Gasteiger partial charge in [0.1, 0.15) is 13.6 Å². The van der Waals surface area contributed by atoms with Crippen LogP contribution in [0.1, 0.15) is 132 Å². The molecule has 0 spiro atoms. The Morgan fingerprint density at radius 2 is 0.837 bits per heavy atom. The largest absolute Gasteiger partial charge is 0.349 e. The zero-order chi connectivity index (χ0) is 34.6. The minimum absolute atomic E-state index is 0.338. The van der Waals surface area contributed by atoms with Crippen LogP contribution in [0.2, 0.25) is 24.2 Å². The summed E-state index contributed by atoms with van der Waals surface area (Å²) in [7, 11) is -1.69. The van der Waals surface area contributed by atoms with Crippen molar-refractivity contribution in [3.8, 4) is 0 Å². The summed E-state index contributed by atoms with van der Waals surface area (Å²) in [6, 6.07) is 0. The minimum atomic E-state index is -1.69. The van der Waals surface area contributed by atoms with Crippen molar-refractivity contribution >= 4 is 8.07 Å². The standard InChI is InChI=1S/C44H76O4Si/c1-25-19-31-33(21-35-39(47-23-45-35)37(31)27-11-15-29(16-12-27)43(3,4)5)41(25)49(9,10)42-26(2)20-32-34(42)22-36-40(48-24-46-36)38(32)28-13-17-30(18-14-28)44(6,7)8/h25-42H,11-24H2,1-10H3. The third-order valence-corrected chi connectivity index (χ3v) is 23.3. The summed E-state index contributed by atoms with van der Waals surface area (Å²) in [4.78, 5) is 0. The monoisotopic (exact) mass is 697 g/mol. The molecule has 8 aliphatic rings. The van der Waals surface area contributed by atoms with Gasteiger partial charge in [0.25, 0.3) is 0 Å². The molecule has 4 nitrogen and oxygen atoms in total. The lowest BCUT2D eigenvalue weighted by Crippen LogP contribution is -2.53. The Morgan fingerprint density at radius 1 is 0.469 bits per heavy atom. The smallest absolute Gasteiger partial charge is 0.147 e. The van der Waals surface area contributed by atoms with Crippen LogP contribution in [-0.2, 0) is 18.9 Å². The average Bonchev–Trinajstić information content (AvgIpc) is 3.82. The highest BCUT2D eigenvalue weighted by Gasteiger charge is 2.65. The number of fused-ring (bicyclic) bond motifs is 4. The summed E-state index contributed by atoms with van der Waals surface area (Å²) in [5.74, 6) is 9.85. The van der Waals surface area contributed by atoms with E-state index in [1.807, 2.05) is 0 Å². The molecule has 0 amide bonds. The van der Waals surface area contributed by atoms with Crippen LogP contribution in [0.3, 0.4) is 0 Å². The van der Waals surface area contributed by atoms with Gasteiger partial charge in [-0.3, -0.25) is 0 Å². The van der Waals surface area contributed by atoms with Gasteiger partial charge in [-0.25, -0.2) is 0 Å². The summed E-state index contributed by atoms with van der Waals surface area (Å²) < 4.78 is 26.2. The van der Waals surface area contributed by atoms with Crippen molar-refractivity contribution in [2.75, 3.05) is 13.6 Å². The predicted molar refractivity (Wildman–Crippen MR) is 202 cm³/mol. The maximum Gasteiger partial charge on any atom is 0.147 e. The Bertz CT molecular complexity index is 1070. The highest BCUT2D eigenvalue weighted by atomic mass is 28.3. The van der Waals surface area contributed by atoms with E-state index in [0.29, 0.717) is 60.7 Å². The first-order chi connectivity index (χ1) is 23.1. The molecule has 280 valence electrons.